The van der Waals surface area contributed by atoms with E-state index < -0.39 is 0 Å². The van der Waals surface area contributed by atoms with Gasteiger partial charge in [0.1, 0.15) is 12.4 Å². The molecule has 0 saturated heterocycles. The molecule has 4 heteroatoms. The molecule has 0 bridgehead atoms. The maximum atomic E-state index is 12.5. The summed E-state index contributed by atoms with van der Waals surface area (Å²) in [7, 11) is 0. The van der Waals surface area contributed by atoms with Crippen molar-refractivity contribution in [2.24, 2.45) is 0 Å². The fraction of sp³-hybridized carbons (Fsp3) is 0.208. The second-order valence-electron chi connectivity index (χ2n) is 7.16. The number of hydrogen-bond donors (Lipinski definition) is 1. The number of nitrogens with one attached hydrogen (secondary N) is 1. The average Bonchev–Trinajstić information content (AvgIpc) is 3.03. The molecule has 0 aromatic heterocycles. The van der Waals surface area contributed by atoms with Crippen LogP contribution in [0.25, 0.3) is 0 Å². The lowest BCUT2D eigenvalue weighted by molar-refractivity contribution is -0.115. The van der Waals surface area contributed by atoms with E-state index in [1.54, 1.807) is 0 Å². The highest BCUT2D eigenvalue weighted by molar-refractivity contribution is 5.94. The van der Waals surface area contributed by atoms with Gasteiger partial charge in [0.15, 0.2) is 0 Å². The lowest BCUT2D eigenvalue weighted by Gasteiger charge is -2.24. The molecule has 0 radical (unpaired) electrons. The van der Waals surface area contributed by atoms with Crippen LogP contribution in [0.4, 0.5) is 11.4 Å². The molecule has 3 aromatic carbocycles. The number of hydrogen-bond acceptors (Lipinski definition) is 3. The minimum absolute atomic E-state index is 0.0125. The van der Waals surface area contributed by atoms with Crippen molar-refractivity contribution < 1.29 is 9.53 Å². The first kappa shape index (κ1) is 18.1. The van der Waals surface area contributed by atoms with Crippen molar-refractivity contribution in [1.29, 1.82) is 0 Å². The van der Waals surface area contributed by atoms with E-state index in [9.17, 15) is 4.79 Å². The van der Waals surface area contributed by atoms with E-state index >= 15 is 0 Å². The van der Waals surface area contributed by atoms with Crippen molar-refractivity contribution in [2.75, 3.05) is 16.8 Å². The largest absolute Gasteiger partial charge is 0.489 e. The molecule has 28 heavy (non-hydrogen) atoms. The van der Waals surface area contributed by atoms with Gasteiger partial charge in [-0.1, -0.05) is 48.5 Å². The Hall–Kier alpha value is -3.27. The summed E-state index contributed by atoms with van der Waals surface area (Å²) < 4.78 is 5.79. The van der Waals surface area contributed by atoms with Crippen LogP contribution in [-0.2, 0) is 17.8 Å². The predicted molar refractivity (Wildman–Crippen MR) is 113 cm³/mol. The van der Waals surface area contributed by atoms with Crippen molar-refractivity contribution in [3.05, 3.63) is 90.0 Å². The van der Waals surface area contributed by atoms with Crippen LogP contribution in [0.2, 0.25) is 0 Å². The molecule has 1 heterocycles. The molecule has 4 nitrogen and oxygen atoms in total. The lowest BCUT2D eigenvalue weighted by Crippen LogP contribution is -2.37. The molecule has 1 aliphatic heterocycles. The Balaban J connectivity index is 1.32. The Morgan fingerprint density at radius 1 is 1.00 bits per heavy atom. The number of ether oxygens (including phenoxy) is 1. The smallest absolute Gasteiger partial charge is 0.243 e. The van der Waals surface area contributed by atoms with Gasteiger partial charge in [-0.3, -0.25) is 4.79 Å². The summed E-state index contributed by atoms with van der Waals surface area (Å²) >= 11 is 0. The molecule has 4 rings (SSSR count). The topological polar surface area (TPSA) is 41.6 Å². The number of para-hydroxylation sites is 1. The zero-order valence-corrected chi connectivity index (χ0v) is 16.0. The third-order valence-electron chi connectivity index (χ3n) is 5.05. The Kier molecular flexibility index (Phi) is 5.29. The first-order valence-electron chi connectivity index (χ1n) is 9.60. The van der Waals surface area contributed by atoms with Crippen molar-refractivity contribution >= 4 is 17.3 Å². The minimum Gasteiger partial charge on any atom is -0.489 e. The highest BCUT2D eigenvalue weighted by atomic mass is 16.5. The molecule has 0 saturated carbocycles. The second-order valence-corrected chi connectivity index (χ2v) is 7.16. The number of anilines is 2. The van der Waals surface area contributed by atoms with Crippen LogP contribution in [0.5, 0.6) is 5.75 Å². The molecule has 0 aliphatic carbocycles. The van der Waals surface area contributed by atoms with Crippen LogP contribution >= 0.6 is 0 Å². The summed E-state index contributed by atoms with van der Waals surface area (Å²) in [5.41, 5.74) is 4.37. The fourth-order valence-corrected chi connectivity index (χ4v) is 3.60. The third-order valence-corrected chi connectivity index (χ3v) is 5.05. The van der Waals surface area contributed by atoms with E-state index in [1.807, 2.05) is 60.7 Å². The number of rotatable bonds is 6. The molecule has 1 aliphatic rings. The van der Waals surface area contributed by atoms with E-state index in [-0.39, 0.29) is 5.91 Å². The Bertz CT molecular complexity index is 938. The minimum atomic E-state index is -0.0125. The summed E-state index contributed by atoms with van der Waals surface area (Å²) in [6.45, 7) is 3.04. The molecule has 0 spiro atoms. The second kappa shape index (κ2) is 8.17. The Labute approximate surface area is 165 Å². The van der Waals surface area contributed by atoms with Gasteiger partial charge in [-0.05, 0) is 54.8 Å². The van der Waals surface area contributed by atoms with Gasteiger partial charge in [-0.2, -0.15) is 0 Å². The predicted octanol–water partition coefficient (Wildman–Crippen LogP) is 4.66. The fourth-order valence-electron chi connectivity index (χ4n) is 3.60. The number of amides is 1. The molecule has 0 fully saturated rings. The van der Waals surface area contributed by atoms with E-state index in [0.29, 0.717) is 19.2 Å². The van der Waals surface area contributed by atoms with Crippen LogP contribution in [0, 0.1) is 0 Å². The Morgan fingerprint density at radius 3 is 2.50 bits per heavy atom. The van der Waals surface area contributed by atoms with Crippen molar-refractivity contribution in [3.8, 4) is 5.75 Å². The standard InChI is InChI=1S/C24H24N2O2/c1-18-15-20-9-5-6-10-23(20)26(18)16-24(27)25-21-11-13-22(14-12-21)28-17-19-7-3-2-4-8-19/h2-14,18H,15-17H2,1H3,(H,25,27)/t18-/m0/s1. The van der Waals surface area contributed by atoms with Gasteiger partial charge in [0, 0.05) is 17.4 Å². The summed E-state index contributed by atoms with van der Waals surface area (Å²) in [5.74, 6) is 0.769. The summed E-state index contributed by atoms with van der Waals surface area (Å²) in [4.78, 5) is 14.7. The SMILES string of the molecule is C[C@H]1Cc2ccccc2N1CC(=O)Nc1ccc(OCc2ccccc2)cc1. The highest BCUT2D eigenvalue weighted by Gasteiger charge is 2.26. The normalized spacial score (nSPS) is 15.2. The molecular weight excluding hydrogens is 348 g/mol. The Morgan fingerprint density at radius 2 is 1.71 bits per heavy atom. The van der Waals surface area contributed by atoms with Crippen LogP contribution in [0.15, 0.2) is 78.9 Å². The molecule has 1 N–H and O–H groups in total. The van der Waals surface area contributed by atoms with Crippen molar-refractivity contribution in [1.82, 2.24) is 0 Å². The lowest BCUT2D eigenvalue weighted by atomic mass is 10.1. The van der Waals surface area contributed by atoms with E-state index in [0.717, 1.165) is 29.1 Å². The summed E-state index contributed by atoms with van der Waals surface area (Å²) in [6, 6.07) is 26.2. The number of carbonyl (C=O) groups excluding carboxylic acids is 1. The van der Waals surface area contributed by atoms with Crippen LogP contribution in [0.1, 0.15) is 18.1 Å². The zero-order valence-electron chi connectivity index (χ0n) is 16.0. The molecule has 0 unspecified atom stereocenters. The van der Waals surface area contributed by atoms with Crippen LogP contribution in [0.3, 0.4) is 0 Å². The zero-order chi connectivity index (χ0) is 19.3. The highest BCUT2D eigenvalue weighted by Crippen LogP contribution is 2.31. The number of fused-ring (bicyclic) bond motifs is 1. The summed E-state index contributed by atoms with van der Waals surface area (Å²) in [6.07, 6.45) is 0.983. The number of benzene rings is 3. The van der Waals surface area contributed by atoms with Gasteiger partial charge < -0.3 is 15.0 Å². The van der Waals surface area contributed by atoms with E-state index in [1.165, 1.54) is 5.56 Å². The maximum absolute atomic E-state index is 12.5. The van der Waals surface area contributed by atoms with Gasteiger partial charge >= 0.3 is 0 Å². The average molecular weight is 372 g/mol. The molecule has 1 atom stereocenters. The number of nitrogens with zero attached hydrogens (tertiary/aromatic N) is 1. The van der Waals surface area contributed by atoms with Crippen LogP contribution in [-0.4, -0.2) is 18.5 Å². The molecule has 142 valence electrons. The van der Waals surface area contributed by atoms with E-state index in [4.69, 9.17) is 4.74 Å². The molecular formula is C24H24N2O2. The first-order chi connectivity index (χ1) is 13.7. The van der Waals surface area contributed by atoms with Gasteiger partial charge in [-0.15, -0.1) is 0 Å². The van der Waals surface area contributed by atoms with Gasteiger partial charge in [-0.25, -0.2) is 0 Å². The summed E-state index contributed by atoms with van der Waals surface area (Å²) in [5, 5.41) is 2.99. The first-order valence-corrected chi connectivity index (χ1v) is 9.60. The maximum Gasteiger partial charge on any atom is 0.243 e. The molecule has 3 aromatic rings. The quantitative estimate of drug-likeness (QED) is 0.684. The molecule has 1 amide bonds. The third kappa shape index (κ3) is 4.17. The van der Waals surface area contributed by atoms with Crippen LogP contribution < -0.4 is 15.0 Å². The monoisotopic (exact) mass is 372 g/mol. The van der Waals surface area contributed by atoms with Gasteiger partial charge in [0.05, 0.1) is 6.54 Å². The van der Waals surface area contributed by atoms with Crippen molar-refractivity contribution in [3.63, 3.8) is 0 Å². The van der Waals surface area contributed by atoms with E-state index in [2.05, 4.69) is 35.3 Å². The van der Waals surface area contributed by atoms with Crippen molar-refractivity contribution in [2.45, 2.75) is 26.0 Å². The van der Waals surface area contributed by atoms with Gasteiger partial charge in [0.25, 0.3) is 0 Å². The number of carbonyl (C=O) groups is 1. The van der Waals surface area contributed by atoms with Gasteiger partial charge in [0.2, 0.25) is 5.91 Å².